The van der Waals surface area contributed by atoms with Gasteiger partial charge < -0.3 is 24.7 Å². The van der Waals surface area contributed by atoms with E-state index in [0.717, 1.165) is 68.9 Å². The van der Waals surface area contributed by atoms with Crippen molar-refractivity contribution in [1.29, 1.82) is 0 Å². The predicted molar refractivity (Wildman–Crippen MR) is 155 cm³/mol. The first-order valence-electron chi connectivity index (χ1n) is 14.6. The third kappa shape index (κ3) is 6.96. The smallest absolute Gasteiger partial charge is 0.435 e. The molecule has 1 aliphatic carbocycles. The van der Waals surface area contributed by atoms with Gasteiger partial charge in [0.1, 0.15) is 5.75 Å². The Morgan fingerprint density at radius 3 is 2.37 bits per heavy atom. The topological polar surface area (TPSA) is 80.4 Å². The third-order valence-corrected chi connectivity index (χ3v) is 8.17. The Morgan fingerprint density at radius 2 is 1.65 bits per heavy atom. The van der Waals surface area contributed by atoms with Crippen LogP contribution in [0.15, 0.2) is 71.4 Å². The molecule has 0 amide bonds. The van der Waals surface area contributed by atoms with Crippen molar-refractivity contribution < 1.29 is 26.7 Å². The van der Waals surface area contributed by atoms with Crippen LogP contribution in [-0.4, -0.2) is 52.8 Å². The highest BCUT2D eigenvalue weighted by Gasteiger charge is 2.34. The maximum absolute atomic E-state index is 12.9. The van der Waals surface area contributed by atoms with E-state index in [9.17, 15) is 17.6 Å². The third-order valence-electron chi connectivity index (χ3n) is 8.17. The number of benzene rings is 2. The number of alkyl halides is 4. The Labute approximate surface area is 247 Å². The largest absolute Gasteiger partial charge is 0.463 e. The summed E-state index contributed by atoms with van der Waals surface area (Å²) in [5.41, 5.74) is 1.54. The van der Waals surface area contributed by atoms with E-state index in [0.29, 0.717) is 29.3 Å². The van der Waals surface area contributed by atoms with E-state index in [4.69, 9.17) is 9.15 Å². The molecule has 1 saturated carbocycles. The fraction of sp³-hybridized carbons (Fsp3) is 0.419. The van der Waals surface area contributed by atoms with Gasteiger partial charge in [-0.15, -0.1) is 0 Å². The predicted octanol–water partition coefficient (Wildman–Crippen LogP) is 6.83. The molecule has 0 unspecified atom stereocenters. The van der Waals surface area contributed by atoms with Crippen molar-refractivity contribution in [3.63, 3.8) is 0 Å². The van der Waals surface area contributed by atoms with Gasteiger partial charge in [0.25, 0.3) is 6.01 Å². The van der Waals surface area contributed by atoms with Crippen LogP contribution in [0.1, 0.15) is 44.2 Å². The molecule has 43 heavy (non-hydrogen) atoms. The van der Waals surface area contributed by atoms with Gasteiger partial charge >= 0.3 is 6.18 Å². The molecule has 4 aromatic rings. The van der Waals surface area contributed by atoms with Crippen LogP contribution in [-0.2, 0) is 6.18 Å². The molecule has 12 heteroatoms. The van der Waals surface area contributed by atoms with Gasteiger partial charge in [-0.2, -0.15) is 18.3 Å². The number of piperidine rings is 1. The minimum Gasteiger partial charge on any atom is -0.463 e. The second-order valence-electron chi connectivity index (χ2n) is 11.1. The van der Waals surface area contributed by atoms with Crippen LogP contribution in [0.3, 0.4) is 0 Å². The lowest BCUT2D eigenvalue weighted by Crippen LogP contribution is -2.54. The van der Waals surface area contributed by atoms with E-state index in [-0.39, 0.29) is 12.1 Å². The second kappa shape index (κ2) is 12.7. The van der Waals surface area contributed by atoms with Gasteiger partial charge in [-0.05, 0) is 80.3 Å². The first-order chi connectivity index (χ1) is 20.9. The molecule has 3 heterocycles. The summed E-state index contributed by atoms with van der Waals surface area (Å²) in [6, 6.07) is 16.7. The second-order valence-corrected chi connectivity index (χ2v) is 11.1. The molecule has 8 nitrogen and oxygen atoms in total. The molecule has 1 saturated heterocycles. The highest BCUT2D eigenvalue weighted by molar-refractivity contribution is 5.58. The molecule has 2 aliphatic rings. The van der Waals surface area contributed by atoms with E-state index in [2.05, 4.69) is 25.6 Å². The summed E-state index contributed by atoms with van der Waals surface area (Å²) in [6.45, 7) is 0.889. The first-order valence-corrected chi connectivity index (χ1v) is 14.6. The lowest BCUT2D eigenvalue weighted by atomic mass is 9.89. The minimum atomic E-state index is -4.47. The molecule has 0 bridgehead atoms. The van der Waals surface area contributed by atoms with E-state index < -0.39 is 18.7 Å². The Balaban J connectivity index is 1.06. The van der Waals surface area contributed by atoms with Gasteiger partial charge in [0.15, 0.2) is 11.5 Å². The average molecular weight is 599 g/mol. The van der Waals surface area contributed by atoms with Crippen LogP contribution in [0.25, 0.3) is 17.0 Å². The number of rotatable bonds is 9. The molecule has 2 aromatic carbocycles. The lowest BCUT2D eigenvalue weighted by Gasteiger charge is -2.40. The van der Waals surface area contributed by atoms with Gasteiger partial charge in [-0.25, -0.2) is 14.1 Å². The Bertz CT molecular complexity index is 1470. The summed E-state index contributed by atoms with van der Waals surface area (Å²) in [5, 5.41) is 11.1. The Hall–Kier alpha value is -4.06. The Morgan fingerprint density at radius 1 is 0.907 bits per heavy atom. The zero-order valence-corrected chi connectivity index (χ0v) is 23.6. The molecular weight excluding hydrogens is 564 g/mol. The maximum atomic E-state index is 12.9. The van der Waals surface area contributed by atoms with Crippen LogP contribution in [0.5, 0.6) is 5.75 Å². The van der Waals surface area contributed by atoms with Crippen molar-refractivity contribution >= 4 is 11.7 Å². The van der Waals surface area contributed by atoms with Gasteiger partial charge in [0, 0.05) is 48.7 Å². The van der Waals surface area contributed by atoms with E-state index in [1.165, 1.54) is 10.9 Å². The first kappa shape index (κ1) is 29.0. The number of halogens is 4. The monoisotopic (exact) mass is 598 g/mol. The molecule has 1 aliphatic heterocycles. The molecule has 6 rings (SSSR count). The molecule has 2 aromatic heterocycles. The number of ether oxygens (including phenoxy) is 1. The SMILES string of the molecule is FCOc1ccc(-c2cnc(N[C@@H]3CCCC[C@H]3N[C@H]3CCCN(c4ccc(-n5ccc(C(F)(F)F)n5)cc4)C3)o2)cc1. The van der Waals surface area contributed by atoms with Gasteiger partial charge in [-0.3, -0.25) is 0 Å². The summed E-state index contributed by atoms with van der Waals surface area (Å²) < 4.78 is 63.4. The molecule has 3 atom stereocenters. The maximum Gasteiger partial charge on any atom is 0.435 e. The molecule has 228 valence electrons. The van der Waals surface area contributed by atoms with Gasteiger partial charge in [0.2, 0.25) is 6.86 Å². The fourth-order valence-corrected chi connectivity index (χ4v) is 6.00. The van der Waals surface area contributed by atoms with Crippen molar-refractivity contribution in [2.75, 3.05) is 30.2 Å². The minimum absolute atomic E-state index is 0.172. The molecule has 0 spiro atoms. The van der Waals surface area contributed by atoms with E-state index >= 15 is 0 Å². The van der Waals surface area contributed by atoms with Crippen molar-refractivity contribution in [2.45, 2.75) is 62.8 Å². The normalized spacial score (nSPS) is 21.1. The van der Waals surface area contributed by atoms with Crippen LogP contribution in [0, 0.1) is 0 Å². The number of anilines is 2. The number of hydrogen-bond acceptors (Lipinski definition) is 7. The zero-order chi connectivity index (χ0) is 29.8. The van der Waals surface area contributed by atoms with E-state index in [1.807, 2.05) is 24.3 Å². The van der Waals surface area contributed by atoms with Crippen LogP contribution < -0.4 is 20.3 Å². The number of hydrogen-bond donors (Lipinski definition) is 2. The highest BCUT2D eigenvalue weighted by Crippen LogP contribution is 2.30. The van der Waals surface area contributed by atoms with E-state index in [1.54, 1.807) is 30.5 Å². The summed E-state index contributed by atoms with van der Waals surface area (Å²) >= 11 is 0. The number of nitrogens with zero attached hydrogens (tertiary/aromatic N) is 4. The van der Waals surface area contributed by atoms with Gasteiger partial charge in [0.05, 0.1) is 11.9 Å². The lowest BCUT2D eigenvalue weighted by molar-refractivity contribution is -0.141. The number of aromatic nitrogens is 3. The summed E-state index contributed by atoms with van der Waals surface area (Å²) in [5.74, 6) is 1.08. The summed E-state index contributed by atoms with van der Waals surface area (Å²) in [4.78, 5) is 6.78. The molecular formula is C31H34F4N6O2. The fourth-order valence-electron chi connectivity index (χ4n) is 6.00. The Kier molecular flexibility index (Phi) is 8.55. The van der Waals surface area contributed by atoms with Crippen LogP contribution >= 0.6 is 0 Å². The van der Waals surface area contributed by atoms with Crippen LogP contribution in [0.2, 0.25) is 0 Å². The van der Waals surface area contributed by atoms with Crippen molar-refractivity contribution in [3.05, 3.63) is 72.7 Å². The molecule has 2 N–H and O–H groups in total. The molecule has 2 fully saturated rings. The number of oxazole rings is 1. The summed E-state index contributed by atoms with van der Waals surface area (Å²) in [6.07, 6.45) is 4.99. The summed E-state index contributed by atoms with van der Waals surface area (Å²) in [7, 11) is 0. The quantitative estimate of drug-likeness (QED) is 0.204. The van der Waals surface area contributed by atoms with Crippen LogP contribution in [0.4, 0.5) is 29.3 Å². The van der Waals surface area contributed by atoms with Crippen molar-refractivity contribution in [3.8, 4) is 22.8 Å². The number of nitrogens with one attached hydrogen (secondary N) is 2. The van der Waals surface area contributed by atoms with Crippen molar-refractivity contribution in [2.24, 2.45) is 0 Å². The standard InChI is InChI=1S/C31H34F4N6O2/c32-20-42-25-13-7-21(8-14-25)28-18-36-30(43-28)38-27-6-2-1-5-26(27)37-22-4-3-16-40(19-22)23-9-11-24(12-10-23)41-17-15-29(39-41)31(33,34)35/h7-15,17-18,22,26-27,37H,1-6,16,19-20H2,(H,36,38)/t22-,26+,27+/m0/s1. The molecule has 0 radical (unpaired) electrons. The van der Waals surface area contributed by atoms with Gasteiger partial charge in [-0.1, -0.05) is 12.8 Å². The average Bonchev–Trinajstić information content (AvgIpc) is 3.70. The zero-order valence-electron chi connectivity index (χ0n) is 23.6. The van der Waals surface area contributed by atoms with Crippen molar-refractivity contribution in [1.82, 2.24) is 20.1 Å². The highest BCUT2D eigenvalue weighted by atomic mass is 19.4.